The van der Waals surface area contributed by atoms with Gasteiger partial charge in [0.2, 0.25) is 0 Å². The van der Waals surface area contributed by atoms with Crippen molar-refractivity contribution in [2.75, 3.05) is 11.1 Å². The lowest BCUT2D eigenvalue weighted by molar-refractivity contribution is -0.167. The summed E-state index contributed by atoms with van der Waals surface area (Å²) in [6.45, 7) is 0. The molecule has 1 amide bonds. The van der Waals surface area contributed by atoms with E-state index >= 15 is 0 Å². The van der Waals surface area contributed by atoms with Crippen LogP contribution < -0.4 is 11.1 Å². The highest BCUT2D eigenvalue weighted by atomic mass is 19.4. The number of hydrogen-bond acceptors (Lipinski definition) is 3. The van der Waals surface area contributed by atoms with Crippen molar-refractivity contribution in [1.29, 1.82) is 0 Å². The summed E-state index contributed by atoms with van der Waals surface area (Å²) in [4.78, 5) is 13.5. The molecule has 1 rings (SSSR count). The Bertz CT molecular complexity index is 467. The van der Waals surface area contributed by atoms with Crippen molar-refractivity contribution < 1.29 is 31.1 Å². The zero-order valence-electron chi connectivity index (χ0n) is 8.36. The molecular weight excluding hydrogens is 268 g/mol. The number of carbonyl (C=O) groups is 1. The Morgan fingerprint density at radius 1 is 1.22 bits per heavy atom. The van der Waals surface area contributed by atoms with Gasteiger partial charge in [-0.2, -0.15) is 26.3 Å². The molecule has 0 bridgehead atoms. The van der Waals surface area contributed by atoms with Crippen molar-refractivity contribution in [3.05, 3.63) is 17.8 Å². The van der Waals surface area contributed by atoms with Gasteiger partial charge in [0.15, 0.2) is 5.82 Å². The zero-order chi connectivity index (χ0) is 14.1. The minimum Gasteiger partial charge on any atom is -0.396 e. The number of nitrogen functional groups attached to an aromatic ring is 1. The van der Waals surface area contributed by atoms with Gasteiger partial charge in [-0.1, -0.05) is 0 Å². The zero-order valence-corrected chi connectivity index (χ0v) is 8.36. The summed E-state index contributed by atoms with van der Waals surface area (Å²) in [6, 6.07) is 0.374. The first-order valence-corrected chi connectivity index (χ1v) is 4.22. The summed E-state index contributed by atoms with van der Waals surface area (Å²) in [5.74, 6) is -3.16. The van der Waals surface area contributed by atoms with E-state index in [1.165, 1.54) is 5.32 Å². The van der Waals surface area contributed by atoms with Gasteiger partial charge in [-0.3, -0.25) is 4.79 Å². The van der Waals surface area contributed by atoms with Crippen molar-refractivity contribution in [3.8, 4) is 0 Å². The molecule has 100 valence electrons. The number of aromatic nitrogens is 1. The number of halogens is 6. The Balaban J connectivity index is 2.98. The molecule has 3 N–H and O–H groups in total. The third-order valence-corrected chi connectivity index (χ3v) is 1.73. The molecule has 4 nitrogen and oxygen atoms in total. The first kappa shape index (κ1) is 14.1. The SMILES string of the molecule is Nc1cc(C(F)(F)F)cnc1NC(=O)C(F)(F)F. The fourth-order valence-electron chi connectivity index (χ4n) is 0.920. The van der Waals surface area contributed by atoms with Crippen LogP contribution in [0, 0.1) is 0 Å². The number of nitrogens with zero attached hydrogens (tertiary/aromatic N) is 1. The van der Waals surface area contributed by atoms with Crippen LogP contribution in [-0.4, -0.2) is 17.1 Å². The molecule has 0 unspecified atom stereocenters. The number of hydrogen-bond donors (Lipinski definition) is 2. The van der Waals surface area contributed by atoms with Gasteiger partial charge in [0, 0.05) is 6.20 Å². The van der Waals surface area contributed by atoms with Gasteiger partial charge in [0.1, 0.15) is 0 Å². The summed E-state index contributed by atoms with van der Waals surface area (Å²) < 4.78 is 72.2. The van der Waals surface area contributed by atoms with Gasteiger partial charge in [-0.15, -0.1) is 0 Å². The van der Waals surface area contributed by atoms with E-state index in [2.05, 4.69) is 4.98 Å². The Labute approximate surface area is 95.8 Å². The highest BCUT2D eigenvalue weighted by molar-refractivity contribution is 5.96. The van der Waals surface area contributed by atoms with Crippen LogP contribution in [0.4, 0.5) is 37.8 Å². The predicted octanol–water partition coefficient (Wildman–Crippen LogP) is 2.18. The Morgan fingerprint density at radius 3 is 2.17 bits per heavy atom. The summed E-state index contributed by atoms with van der Waals surface area (Å²) >= 11 is 0. The number of rotatable bonds is 1. The molecule has 0 aliphatic heterocycles. The summed E-state index contributed by atoms with van der Waals surface area (Å²) in [5.41, 5.74) is 3.11. The first-order chi connectivity index (χ1) is 8.01. The van der Waals surface area contributed by atoms with Gasteiger partial charge in [0.25, 0.3) is 0 Å². The normalized spacial score (nSPS) is 12.3. The van der Waals surface area contributed by atoms with Crippen molar-refractivity contribution in [3.63, 3.8) is 0 Å². The molecule has 1 heterocycles. The number of pyridine rings is 1. The molecule has 0 radical (unpaired) electrons. The van der Waals surface area contributed by atoms with Gasteiger partial charge < -0.3 is 11.1 Å². The maximum absolute atomic E-state index is 12.2. The second-order valence-corrected chi connectivity index (χ2v) is 3.11. The number of nitrogens with one attached hydrogen (secondary N) is 1. The molecule has 0 atom stereocenters. The highest BCUT2D eigenvalue weighted by Crippen LogP contribution is 2.31. The summed E-state index contributed by atoms with van der Waals surface area (Å²) in [7, 11) is 0. The number of alkyl halides is 6. The molecule has 1 aromatic rings. The monoisotopic (exact) mass is 273 g/mol. The van der Waals surface area contributed by atoms with Crippen LogP contribution in [0.2, 0.25) is 0 Å². The molecule has 0 aromatic carbocycles. The van der Waals surface area contributed by atoms with E-state index in [1.54, 1.807) is 0 Å². The van der Waals surface area contributed by atoms with Gasteiger partial charge in [-0.05, 0) is 6.07 Å². The van der Waals surface area contributed by atoms with Crippen LogP contribution in [0.3, 0.4) is 0 Å². The molecule has 10 heteroatoms. The summed E-state index contributed by atoms with van der Waals surface area (Å²) in [5, 5.41) is 1.26. The molecule has 0 aliphatic rings. The van der Waals surface area contributed by atoms with Gasteiger partial charge in [0.05, 0.1) is 11.3 Å². The quantitative estimate of drug-likeness (QED) is 0.770. The fourth-order valence-corrected chi connectivity index (χ4v) is 0.920. The predicted molar refractivity (Wildman–Crippen MR) is 48.3 cm³/mol. The number of anilines is 2. The molecular formula is C8H5F6N3O. The van der Waals surface area contributed by atoms with Crippen LogP contribution in [0.15, 0.2) is 12.3 Å². The lowest BCUT2D eigenvalue weighted by Crippen LogP contribution is -2.30. The third kappa shape index (κ3) is 3.25. The first-order valence-electron chi connectivity index (χ1n) is 4.22. The second-order valence-electron chi connectivity index (χ2n) is 3.11. The van der Waals surface area contributed by atoms with E-state index in [4.69, 9.17) is 5.73 Å². The minimum atomic E-state index is -5.18. The number of nitrogens with two attached hydrogens (primary N) is 1. The maximum atomic E-state index is 12.2. The Hall–Kier alpha value is -2.00. The average molecular weight is 273 g/mol. The van der Waals surface area contributed by atoms with E-state index < -0.39 is 35.3 Å². The fraction of sp³-hybridized carbons (Fsp3) is 0.250. The second kappa shape index (κ2) is 4.35. The van der Waals surface area contributed by atoms with E-state index in [0.29, 0.717) is 6.07 Å². The van der Waals surface area contributed by atoms with Crippen LogP contribution in [0.1, 0.15) is 5.56 Å². The Kier molecular flexibility index (Phi) is 3.40. The van der Waals surface area contributed by atoms with Gasteiger partial charge in [-0.25, -0.2) is 4.98 Å². The van der Waals surface area contributed by atoms with E-state index in [0.717, 1.165) is 0 Å². The standard InChI is InChI=1S/C8H5F6N3O/c9-7(10,11)3-1-4(15)5(16-2-3)17-6(18)8(12,13)14/h1-2H,15H2,(H,16,17,18). The lowest BCUT2D eigenvalue weighted by Gasteiger charge is -2.11. The number of carbonyl (C=O) groups excluding carboxylic acids is 1. The molecule has 0 saturated heterocycles. The van der Waals surface area contributed by atoms with Gasteiger partial charge >= 0.3 is 18.3 Å². The van der Waals surface area contributed by atoms with E-state index in [1.807, 2.05) is 0 Å². The summed E-state index contributed by atoms with van der Waals surface area (Å²) in [6.07, 6.45) is -9.65. The van der Waals surface area contributed by atoms with Crippen molar-refractivity contribution in [1.82, 2.24) is 4.98 Å². The van der Waals surface area contributed by atoms with Crippen LogP contribution in [0.25, 0.3) is 0 Å². The lowest BCUT2D eigenvalue weighted by atomic mass is 10.2. The smallest absolute Gasteiger partial charge is 0.396 e. The van der Waals surface area contributed by atoms with Crippen LogP contribution in [0.5, 0.6) is 0 Å². The van der Waals surface area contributed by atoms with Crippen molar-refractivity contribution in [2.24, 2.45) is 0 Å². The average Bonchev–Trinajstić information content (AvgIpc) is 2.17. The Morgan fingerprint density at radius 2 is 1.78 bits per heavy atom. The molecule has 1 aromatic heterocycles. The van der Waals surface area contributed by atoms with E-state index in [9.17, 15) is 31.1 Å². The third-order valence-electron chi connectivity index (χ3n) is 1.73. The van der Waals surface area contributed by atoms with Crippen LogP contribution in [-0.2, 0) is 11.0 Å². The minimum absolute atomic E-state index is 0.266. The largest absolute Gasteiger partial charge is 0.471 e. The highest BCUT2D eigenvalue weighted by Gasteiger charge is 2.39. The molecule has 0 saturated carbocycles. The van der Waals surface area contributed by atoms with E-state index in [-0.39, 0.29) is 6.20 Å². The van der Waals surface area contributed by atoms with Crippen LogP contribution >= 0.6 is 0 Å². The van der Waals surface area contributed by atoms with Crippen molar-refractivity contribution >= 4 is 17.4 Å². The van der Waals surface area contributed by atoms with Crippen molar-refractivity contribution in [2.45, 2.75) is 12.4 Å². The molecule has 18 heavy (non-hydrogen) atoms. The number of amides is 1. The molecule has 0 fully saturated rings. The molecule has 0 aliphatic carbocycles. The topological polar surface area (TPSA) is 68.0 Å². The molecule has 0 spiro atoms. The maximum Gasteiger partial charge on any atom is 0.471 e.